The molecule has 2 nitrogen and oxygen atoms in total. The Morgan fingerprint density at radius 3 is 2.37 bits per heavy atom. The van der Waals surface area contributed by atoms with E-state index < -0.39 is 0 Å². The van der Waals surface area contributed by atoms with Gasteiger partial charge in [0, 0.05) is 9.50 Å². The van der Waals surface area contributed by atoms with E-state index in [4.69, 9.17) is 16.3 Å². The van der Waals surface area contributed by atoms with Crippen LogP contribution in [-0.4, -0.2) is 14.2 Å². The van der Waals surface area contributed by atoms with Crippen LogP contribution in [0.25, 0.3) is 0 Å². The van der Waals surface area contributed by atoms with Crippen LogP contribution in [0, 0.1) is 0 Å². The van der Waals surface area contributed by atoms with E-state index in [1.807, 2.05) is 49.5 Å². The number of methoxy groups -OCH3 is 1. The van der Waals surface area contributed by atoms with Gasteiger partial charge in [-0.2, -0.15) is 0 Å². The van der Waals surface area contributed by atoms with E-state index >= 15 is 0 Å². The number of benzene rings is 2. The minimum absolute atomic E-state index is 0.0616. The van der Waals surface area contributed by atoms with E-state index in [0.29, 0.717) is 0 Å². The van der Waals surface area contributed by atoms with Crippen molar-refractivity contribution in [1.82, 2.24) is 5.32 Å². The van der Waals surface area contributed by atoms with Crippen LogP contribution in [0.5, 0.6) is 5.75 Å². The average Bonchev–Trinajstić information content (AvgIpc) is 2.42. The highest BCUT2D eigenvalue weighted by molar-refractivity contribution is 9.10. The summed E-state index contributed by atoms with van der Waals surface area (Å²) in [4.78, 5) is 0. The summed E-state index contributed by atoms with van der Waals surface area (Å²) in [5.41, 5.74) is 2.20. The van der Waals surface area contributed by atoms with E-state index in [0.717, 1.165) is 26.4 Å². The summed E-state index contributed by atoms with van der Waals surface area (Å²) in [5, 5.41) is 4.03. The lowest BCUT2D eigenvalue weighted by molar-refractivity contribution is 0.414. The van der Waals surface area contributed by atoms with Gasteiger partial charge in [0.15, 0.2) is 0 Å². The normalized spacial score (nSPS) is 12.2. The number of ether oxygens (including phenoxy) is 1. The van der Waals surface area contributed by atoms with Crippen LogP contribution in [0.15, 0.2) is 46.9 Å². The van der Waals surface area contributed by atoms with Gasteiger partial charge in [0.2, 0.25) is 0 Å². The van der Waals surface area contributed by atoms with Crippen molar-refractivity contribution in [3.63, 3.8) is 0 Å². The molecule has 19 heavy (non-hydrogen) atoms. The van der Waals surface area contributed by atoms with Gasteiger partial charge in [0.05, 0.1) is 13.2 Å². The minimum atomic E-state index is 0.0616. The van der Waals surface area contributed by atoms with Crippen molar-refractivity contribution in [2.24, 2.45) is 0 Å². The fourth-order valence-corrected chi connectivity index (χ4v) is 2.82. The first kappa shape index (κ1) is 14.4. The smallest absolute Gasteiger partial charge is 0.118 e. The highest BCUT2D eigenvalue weighted by Gasteiger charge is 2.15. The van der Waals surface area contributed by atoms with E-state index in [1.54, 1.807) is 7.11 Å². The number of halogens is 2. The minimum Gasteiger partial charge on any atom is -0.497 e. The molecule has 0 spiro atoms. The van der Waals surface area contributed by atoms with Crippen LogP contribution in [0.3, 0.4) is 0 Å². The Kier molecular flexibility index (Phi) is 4.86. The molecule has 0 radical (unpaired) electrons. The average molecular weight is 341 g/mol. The Morgan fingerprint density at radius 2 is 1.84 bits per heavy atom. The molecule has 0 aliphatic heterocycles. The Morgan fingerprint density at radius 1 is 1.16 bits per heavy atom. The van der Waals surface area contributed by atoms with Crippen molar-refractivity contribution >= 4 is 27.5 Å². The molecule has 4 heteroatoms. The standard InChI is InChI=1S/C15H15BrClNO/c1-18-15(10-3-6-12(19-2)7-4-10)13-8-5-11(16)9-14(13)17/h3-9,15,18H,1-2H3. The molecule has 0 bridgehead atoms. The first-order chi connectivity index (χ1) is 9.15. The Balaban J connectivity index is 2.37. The molecule has 2 aromatic carbocycles. The molecule has 2 aromatic rings. The van der Waals surface area contributed by atoms with Crippen molar-refractivity contribution in [1.29, 1.82) is 0 Å². The summed E-state index contributed by atoms with van der Waals surface area (Å²) in [7, 11) is 3.59. The third-order valence-electron chi connectivity index (χ3n) is 3.01. The van der Waals surface area contributed by atoms with E-state index in [-0.39, 0.29) is 6.04 Å². The molecule has 0 aliphatic rings. The van der Waals surface area contributed by atoms with Crippen LogP contribution < -0.4 is 10.1 Å². The molecule has 0 aliphatic carbocycles. The van der Waals surface area contributed by atoms with E-state index in [9.17, 15) is 0 Å². The van der Waals surface area contributed by atoms with Crippen LogP contribution in [0.4, 0.5) is 0 Å². The molecule has 1 atom stereocenters. The zero-order valence-corrected chi connectivity index (χ0v) is 13.1. The summed E-state index contributed by atoms with van der Waals surface area (Å²) in [6.07, 6.45) is 0. The molecule has 100 valence electrons. The zero-order valence-electron chi connectivity index (χ0n) is 10.8. The van der Waals surface area contributed by atoms with Gasteiger partial charge in [-0.15, -0.1) is 0 Å². The molecule has 0 saturated carbocycles. The van der Waals surface area contributed by atoms with Gasteiger partial charge in [-0.1, -0.05) is 45.7 Å². The zero-order chi connectivity index (χ0) is 13.8. The van der Waals surface area contributed by atoms with Gasteiger partial charge < -0.3 is 10.1 Å². The van der Waals surface area contributed by atoms with Crippen molar-refractivity contribution in [2.45, 2.75) is 6.04 Å². The topological polar surface area (TPSA) is 21.3 Å². The molecule has 1 unspecified atom stereocenters. The first-order valence-corrected chi connectivity index (χ1v) is 7.09. The maximum Gasteiger partial charge on any atom is 0.118 e. The van der Waals surface area contributed by atoms with E-state index in [1.165, 1.54) is 0 Å². The molecular weight excluding hydrogens is 326 g/mol. The maximum atomic E-state index is 6.32. The van der Waals surface area contributed by atoms with Gasteiger partial charge in [-0.05, 0) is 42.4 Å². The second-order valence-corrected chi connectivity index (χ2v) is 5.48. The third-order valence-corrected chi connectivity index (χ3v) is 3.83. The summed E-state index contributed by atoms with van der Waals surface area (Å²) < 4.78 is 6.15. The molecule has 0 aromatic heterocycles. The fraction of sp³-hybridized carbons (Fsp3) is 0.200. The molecule has 0 amide bonds. The number of hydrogen-bond acceptors (Lipinski definition) is 2. The SMILES string of the molecule is CNC(c1ccc(OC)cc1)c1ccc(Br)cc1Cl. The molecule has 0 saturated heterocycles. The second-order valence-electron chi connectivity index (χ2n) is 4.16. The van der Waals surface area contributed by atoms with Crippen molar-refractivity contribution in [2.75, 3.05) is 14.2 Å². The van der Waals surface area contributed by atoms with Crippen LogP contribution >= 0.6 is 27.5 Å². The molecule has 1 N–H and O–H groups in total. The highest BCUT2D eigenvalue weighted by atomic mass is 79.9. The second kappa shape index (κ2) is 6.42. The summed E-state index contributed by atoms with van der Waals surface area (Å²) in [5.74, 6) is 0.848. The molecule has 2 rings (SSSR count). The Labute approximate surface area is 126 Å². The van der Waals surface area contributed by atoms with Gasteiger partial charge in [-0.3, -0.25) is 0 Å². The van der Waals surface area contributed by atoms with Crippen molar-refractivity contribution in [3.05, 3.63) is 63.1 Å². The maximum absolute atomic E-state index is 6.32. The number of hydrogen-bond donors (Lipinski definition) is 1. The highest BCUT2D eigenvalue weighted by Crippen LogP contribution is 2.31. The largest absolute Gasteiger partial charge is 0.497 e. The number of rotatable bonds is 4. The number of nitrogens with one attached hydrogen (secondary N) is 1. The Hall–Kier alpha value is -1.03. The summed E-state index contributed by atoms with van der Waals surface area (Å²) in [6, 6.07) is 14.0. The van der Waals surface area contributed by atoms with E-state index in [2.05, 4.69) is 21.2 Å². The van der Waals surface area contributed by atoms with Crippen molar-refractivity contribution in [3.8, 4) is 5.75 Å². The first-order valence-electron chi connectivity index (χ1n) is 5.92. The van der Waals surface area contributed by atoms with Crippen molar-refractivity contribution < 1.29 is 4.74 Å². The summed E-state index contributed by atoms with van der Waals surface area (Å²) >= 11 is 9.74. The predicted octanol–water partition coefficient (Wildman–Crippen LogP) is 4.42. The third kappa shape index (κ3) is 3.30. The Bertz CT molecular complexity index is 557. The lowest BCUT2D eigenvalue weighted by atomic mass is 9.99. The predicted molar refractivity (Wildman–Crippen MR) is 83.0 cm³/mol. The molecular formula is C15H15BrClNO. The fourth-order valence-electron chi connectivity index (χ4n) is 2.03. The lowest BCUT2D eigenvalue weighted by Gasteiger charge is -2.19. The van der Waals surface area contributed by atoms with Gasteiger partial charge in [0.25, 0.3) is 0 Å². The van der Waals surface area contributed by atoms with Gasteiger partial charge in [-0.25, -0.2) is 0 Å². The summed E-state index contributed by atoms with van der Waals surface area (Å²) in [6.45, 7) is 0. The van der Waals surface area contributed by atoms with Crippen LogP contribution in [0.1, 0.15) is 17.2 Å². The van der Waals surface area contributed by atoms with Crippen LogP contribution in [0.2, 0.25) is 5.02 Å². The van der Waals surface area contributed by atoms with Gasteiger partial charge in [0.1, 0.15) is 5.75 Å². The van der Waals surface area contributed by atoms with Gasteiger partial charge >= 0.3 is 0 Å². The quantitative estimate of drug-likeness (QED) is 0.889. The molecule has 0 heterocycles. The molecule has 0 fully saturated rings. The van der Waals surface area contributed by atoms with Crippen LogP contribution in [-0.2, 0) is 0 Å². The lowest BCUT2D eigenvalue weighted by Crippen LogP contribution is -2.18. The monoisotopic (exact) mass is 339 g/mol.